The Balaban J connectivity index is 2.03. The molecule has 0 aliphatic heterocycles. The van der Waals surface area contributed by atoms with Crippen LogP contribution in [0.15, 0.2) is 18.2 Å². The highest BCUT2D eigenvalue weighted by molar-refractivity contribution is 5.80. The van der Waals surface area contributed by atoms with Gasteiger partial charge < -0.3 is 19.5 Å². The number of benzene rings is 1. The minimum atomic E-state index is -0.806. The maximum absolute atomic E-state index is 12.5. The van der Waals surface area contributed by atoms with Gasteiger partial charge in [0, 0.05) is 31.1 Å². The zero-order valence-corrected chi connectivity index (χ0v) is 13.7. The number of aliphatic carboxylic acids is 1. The number of methoxy groups -OCH3 is 2. The summed E-state index contributed by atoms with van der Waals surface area (Å²) in [6.45, 7) is 0.417. The highest BCUT2D eigenvalue weighted by Crippen LogP contribution is 2.33. The summed E-state index contributed by atoms with van der Waals surface area (Å²) in [5.74, 6) is -0.0527. The second-order valence-corrected chi connectivity index (χ2v) is 5.92. The van der Waals surface area contributed by atoms with Crippen molar-refractivity contribution in [2.45, 2.75) is 25.8 Å². The first kappa shape index (κ1) is 17.1. The molecule has 0 bridgehead atoms. The van der Waals surface area contributed by atoms with E-state index in [9.17, 15) is 9.59 Å². The van der Waals surface area contributed by atoms with Crippen molar-refractivity contribution >= 4 is 11.9 Å². The third kappa shape index (κ3) is 3.94. The second-order valence-electron chi connectivity index (χ2n) is 5.92. The van der Waals surface area contributed by atoms with Gasteiger partial charge >= 0.3 is 5.97 Å². The number of ether oxygens (including phenoxy) is 2. The van der Waals surface area contributed by atoms with Crippen LogP contribution in [0, 0.1) is 11.8 Å². The molecule has 6 heteroatoms. The number of carbonyl (C=O) groups excluding carboxylic acids is 1. The Morgan fingerprint density at radius 3 is 2.48 bits per heavy atom. The number of rotatable bonds is 6. The lowest BCUT2D eigenvalue weighted by molar-refractivity contribution is -0.141. The van der Waals surface area contributed by atoms with Crippen molar-refractivity contribution in [3.63, 3.8) is 0 Å². The molecule has 1 fully saturated rings. The maximum Gasteiger partial charge on any atom is 0.306 e. The first-order valence-electron chi connectivity index (χ1n) is 7.65. The summed E-state index contributed by atoms with van der Waals surface area (Å²) in [5, 5.41) is 9.05. The van der Waals surface area contributed by atoms with Crippen molar-refractivity contribution in [2.75, 3.05) is 21.3 Å². The molecule has 0 radical (unpaired) electrons. The molecule has 0 aromatic heterocycles. The Morgan fingerprint density at radius 1 is 1.22 bits per heavy atom. The van der Waals surface area contributed by atoms with Gasteiger partial charge in [0.15, 0.2) is 0 Å². The average molecular weight is 321 g/mol. The molecule has 0 heterocycles. The number of amides is 1. The molecule has 0 unspecified atom stereocenters. The number of hydrogen-bond acceptors (Lipinski definition) is 4. The minimum Gasteiger partial charge on any atom is -0.497 e. The molecule has 2 rings (SSSR count). The Bertz CT molecular complexity index is 586. The van der Waals surface area contributed by atoms with Gasteiger partial charge in [-0.25, -0.2) is 0 Å². The number of hydrogen-bond donors (Lipinski definition) is 1. The van der Waals surface area contributed by atoms with Gasteiger partial charge in [-0.3, -0.25) is 9.59 Å². The van der Waals surface area contributed by atoms with Crippen molar-refractivity contribution in [1.29, 1.82) is 0 Å². The fourth-order valence-electron chi connectivity index (χ4n) is 3.06. The van der Waals surface area contributed by atoms with E-state index in [2.05, 4.69) is 0 Å². The summed E-state index contributed by atoms with van der Waals surface area (Å²) >= 11 is 0. The van der Waals surface area contributed by atoms with Crippen LogP contribution >= 0.6 is 0 Å². The van der Waals surface area contributed by atoms with Gasteiger partial charge in [0.2, 0.25) is 5.91 Å². The number of nitrogens with zero attached hydrogens (tertiary/aromatic N) is 1. The molecule has 1 aliphatic rings. The van der Waals surface area contributed by atoms with Crippen LogP contribution in [-0.2, 0) is 16.1 Å². The molecule has 1 aromatic rings. The quantitative estimate of drug-likeness (QED) is 0.869. The average Bonchev–Trinajstić information content (AvgIpc) is 3.04. The summed E-state index contributed by atoms with van der Waals surface area (Å²) in [5.41, 5.74) is 0.886. The van der Waals surface area contributed by atoms with Crippen LogP contribution in [0.3, 0.4) is 0 Å². The predicted octanol–water partition coefficient (Wildman–Crippen LogP) is 2.16. The van der Waals surface area contributed by atoms with Crippen molar-refractivity contribution in [2.24, 2.45) is 11.8 Å². The molecule has 23 heavy (non-hydrogen) atoms. The van der Waals surface area contributed by atoms with E-state index in [-0.39, 0.29) is 11.8 Å². The normalized spacial score (nSPS) is 20.1. The lowest BCUT2D eigenvalue weighted by Crippen LogP contribution is -2.31. The fourth-order valence-corrected chi connectivity index (χ4v) is 3.06. The molecule has 1 aliphatic carbocycles. The van der Waals surface area contributed by atoms with Gasteiger partial charge in [0.05, 0.1) is 20.1 Å². The van der Waals surface area contributed by atoms with Gasteiger partial charge in [0.25, 0.3) is 0 Å². The lowest BCUT2D eigenvalue weighted by Gasteiger charge is -2.22. The van der Waals surface area contributed by atoms with Gasteiger partial charge in [0.1, 0.15) is 11.5 Å². The van der Waals surface area contributed by atoms with E-state index in [0.717, 1.165) is 5.56 Å². The monoisotopic (exact) mass is 321 g/mol. The van der Waals surface area contributed by atoms with E-state index in [0.29, 0.717) is 37.3 Å². The largest absolute Gasteiger partial charge is 0.497 e. The summed E-state index contributed by atoms with van der Waals surface area (Å²) in [6.07, 6.45) is 1.64. The SMILES string of the molecule is COc1ccc(CN(C)C(=O)[C@@H]2CC[C@H](C(=O)O)C2)c(OC)c1. The fraction of sp³-hybridized carbons (Fsp3) is 0.529. The summed E-state index contributed by atoms with van der Waals surface area (Å²) in [6, 6.07) is 5.48. The zero-order chi connectivity index (χ0) is 17.0. The number of carboxylic acid groups (broad SMARTS) is 1. The Kier molecular flexibility index (Phi) is 5.47. The molecule has 0 spiro atoms. The van der Waals surface area contributed by atoms with Crippen molar-refractivity contribution in [1.82, 2.24) is 4.90 Å². The molecule has 126 valence electrons. The smallest absolute Gasteiger partial charge is 0.306 e. The summed E-state index contributed by atoms with van der Waals surface area (Å²) in [4.78, 5) is 25.2. The third-order valence-electron chi connectivity index (χ3n) is 4.41. The molecule has 6 nitrogen and oxygen atoms in total. The lowest BCUT2D eigenvalue weighted by atomic mass is 10.0. The van der Waals surface area contributed by atoms with Crippen LogP contribution in [0.1, 0.15) is 24.8 Å². The first-order valence-corrected chi connectivity index (χ1v) is 7.65. The van der Waals surface area contributed by atoms with E-state index in [1.54, 1.807) is 32.2 Å². The van der Waals surface area contributed by atoms with E-state index >= 15 is 0 Å². The van der Waals surface area contributed by atoms with Crippen molar-refractivity contribution in [3.05, 3.63) is 23.8 Å². The van der Waals surface area contributed by atoms with E-state index < -0.39 is 11.9 Å². The standard InChI is InChI=1S/C17H23NO5/c1-18(16(19)11-4-5-12(8-11)17(20)21)10-13-6-7-14(22-2)9-15(13)23-3/h6-7,9,11-12H,4-5,8,10H2,1-3H3,(H,20,21)/t11-,12+/m1/s1. The van der Waals surface area contributed by atoms with Crippen molar-refractivity contribution < 1.29 is 24.2 Å². The predicted molar refractivity (Wildman–Crippen MR) is 84.5 cm³/mol. The Labute approximate surface area is 136 Å². The molecule has 0 saturated heterocycles. The molecule has 2 atom stereocenters. The summed E-state index contributed by atoms with van der Waals surface area (Å²) < 4.78 is 10.5. The Hall–Kier alpha value is -2.24. The van der Waals surface area contributed by atoms with Gasteiger partial charge in [-0.05, 0) is 31.4 Å². The topological polar surface area (TPSA) is 76.1 Å². The van der Waals surface area contributed by atoms with Crippen LogP contribution in [0.25, 0.3) is 0 Å². The van der Waals surface area contributed by atoms with Gasteiger partial charge in [-0.15, -0.1) is 0 Å². The zero-order valence-electron chi connectivity index (χ0n) is 13.7. The van der Waals surface area contributed by atoms with Crippen LogP contribution in [-0.4, -0.2) is 43.2 Å². The molecule has 1 N–H and O–H groups in total. The minimum absolute atomic E-state index is 0.00776. The molecular formula is C17H23NO5. The highest BCUT2D eigenvalue weighted by atomic mass is 16.5. The second kappa shape index (κ2) is 7.35. The van der Waals surface area contributed by atoms with Crippen molar-refractivity contribution in [3.8, 4) is 11.5 Å². The molecule has 1 aromatic carbocycles. The highest BCUT2D eigenvalue weighted by Gasteiger charge is 2.35. The summed E-state index contributed by atoms with van der Waals surface area (Å²) in [7, 11) is 4.90. The number of carbonyl (C=O) groups is 2. The van der Waals surface area contributed by atoms with Gasteiger partial charge in [-0.1, -0.05) is 0 Å². The van der Waals surface area contributed by atoms with E-state index in [1.807, 2.05) is 12.1 Å². The maximum atomic E-state index is 12.5. The van der Waals surface area contributed by atoms with E-state index in [4.69, 9.17) is 14.6 Å². The molecular weight excluding hydrogens is 298 g/mol. The van der Waals surface area contributed by atoms with Crippen LogP contribution < -0.4 is 9.47 Å². The first-order chi connectivity index (χ1) is 11.0. The number of carboxylic acids is 1. The van der Waals surface area contributed by atoms with Crippen LogP contribution in [0.2, 0.25) is 0 Å². The third-order valence-corrected chi connectivity index (χ3v) is 4.41. The van der Waals surface area contributed by atoms with E-state index in [1.165, 1.54) is 0 Å². The molecule has 1 saturated carbocycles. The van der Waals surface area contributed by atoms with Gasteiger partial charge in [-0.2, -0.15) is 0 Å². The Morgan fingerprint density at radius 2 is 1.91 bits per heavy atom. The van der Waals surface area contributed by atoms with Crippen LogP contribution in [0.4, 0.5) is 0 Å². The van der Waals surface area contributed by atoms with Crippen LogP contribution in [0.5, 0.6) is 11.5 Å². The molecule has 1 amide bonds.